The zero-order valence-electron chi connectivity index (χ0n) is 9.65. The maximum absolute atomic E-state index is 12.3. The summed E-state index contributed by atoms with van der Waals surface area (Å²) < 4.78 is 39.3. The summed E-state index contributed by atoms with van der Waals surface area (Å²) in [6.45, 7) is 0.676. The predicted octanol–water partition coefficient (Wildman–Crippen LogP) is 2.57. The number of nitrogens with zero attached hydrogens (tertiary/aromatic N) is 3. The normalized spacial score (nSPS) is 11.8. The zero-order chi connectivity index (χ0) is 14.0. The van der Waals surface area contributed by atoms with Crippen LogP contribution in [0.15, 0.2) is 29.1 Å². The lowest BCUT2D eigenvalue weighted by atomic mass is 10.2. The van der Waals surface area contributed by atoms with Gasteiger partial charge in [-0.05, 0) is 27.6 Å². The highest BCUT2D eigenvalue weighted by atomic mass is 79.9. The molecule has 4 nitrogen and oxygen atoms in total. The molecule has 19 heavy (non-hydrogen) atoms. The quantitative estimate of drug-likeness (QED) is 0.938. The maximum Gasteiger partial charge on any atom is 0.433 e. The first-order chi connectivity index (χ1) is 8.90. The minimum Gasteiger partial charge on any atom is -0.326 e. The Labute approximate surface area is 115 Å². The minimum atomic E-state index is -4.42. The van der Waals surface area contributed by atoms with Gasteiger partial charge in [-0.1, -0.05) is 6.07 Å². The molecule has 0 bridgehead atoms. The third-order valence-electron chi connectivity index (χ3n) is 2.47. The maximum atomic E-state index is 12.3. The van der Waals surface area contributed by atoms with Crippen LogP contribution >= 0.6 is 15.9 Å². The van der Waals surface area contributed by atoms with Crippen molar-refractivity contribution in [2.75, 3.05) is 0 Å². The number of hydrogen-bond acceptors (Lipinski definition) is 3. The SMILES string of the molecule is NCc1cn(Cc2ccc(C(F)(F)F)nc2)nc1Br. The van der Waals surface area contributed by atoms with Crippen LogP contribution in [0.3, 0.4) is 0 Å². The summed E-state index contributed by atoms with van der Waals surface area (Å²) in [5.74, 6) is 0. The highest BCUT2D eigenvalue weighted by Gasteiger charge is 2.31. The molecule has 0 spiro atoms. The average molecular weight is 335 g/mol. The van der Waals surface area contributed by atoms with Crippen LogP contribution in [-0.2, 0) is 19.3 Å². The Kier molecular flexibility index (Phi) is 3.91. The van der Waals surface area contributed by atoms with Crippen molar-refractivity contribution >= 4 is 15.9 Å². The third kappa shape index (κ3) is 3.32. The Bertz CT molecular complexity index is 562. The van der Waals surface area contributed by atoms with Crippen LogP contribution in [0.2, 0.25) is 0 Å². The molecule has 0 radical (unpaired) electrons. The Balaban J connectivity index is 2.15. The lowest BCUT2D eigenvalue weighted by Crippen LogP contribution is -2.08. The molecule has 0 fully saturated rings. The largest absolute Gasteiger partial charge is 0.433 e. The average Bonchev–Trinajstić information content (AvgIpc) is 2.69. The van der Waals surface area contributed by atoms with E-state index in [-0.39, 0.29) is 0 Å². The second kappa shape index (κ2) is 5.30. The van der Waals surface area contributed by atoms with E-state index in [0.29, 0.717) is 23.3 Å². The van der Waals surface area contributed by atoms with Crippen molar-refractivity contribution in [3.8, 4) is 0 Å². The summed E-state index contributed by atoms with van der Waals surface area (Å²) in [5, 5.41) is 4.15. The van der Waals surface area contributed by atoms with E-state index in [1.165, 1.54) is 12.3 Å². The predicted molar refractivity (Wildman–Crippen MR) is 66.2 cm³/mol. The van der Waals surface area contributed by atoms with Crippen LogP contribution in [-0.4, -0.2) is 14.8 Å². The van der Waals surface area contributed by atoms with Crippen molar-refractivity contribution in [3.63, 3.8) is 0 Å². The lowest BCUT2D eigenvalue weighted by Gasteiger charge is -2.06. The van der Waals surface area contributed by atoms with Gasteiger partial charge in [0, 0.05) is 24.5 Å². The first-order valence-corrected chi connectivity index (χ1v) is 6.13. The first-order valence-electron chi connectivity index (χ1n) is 5.34. The molecule has 2 heterocycles. The molecule has 0 aliphatic heterocycles. The molecule has 2 aromatic heterocycles. The summed E-state index contributed by atoms with van der Waals surface area (Å²) in [6.07, 6.45) is -1.48. The van der Waals surface area contributed by atoms with Crippen LogP contribution < -0.4 is 5.73 Å². The smallest absolute Gasteiger partial charge is 0.326 e. The molecule has 2 rings (SSSR count). The van der Waals surface area contributed by atoms with Gasteiger partial charge in [-0.3, -0.25) is 9.67 Å². The van der Waals surface area contributed by atoms with Crippen LogP contribution in [0.4, 0.5) is 13.2 Å². The summed E-state index contributed by atoms with van der Waals surface area (Å²) in [6, 6.07) is 2.34. The first kappa shape index (κ1) is 14.0. The number of halogens is 4. The van der Waals surface area contributed by atoms with Gasteiger partial charge in [-0.25, -0.2) is 0 Å². The van der Waals surface area contributed by atoms with Gasteiger partial charge in [-0.2, -0.15) is 18.3 Å². The summed E-state index contributed by atoms with van der Waals surface area (Å²) >= 11 is 3.25. The van der Waals surface area contributed by atoms with Crippen molar-refractivity contribution in [2.24, 2.45) is 5.73 Å². The number of rotatable bonds is 3. The van der Waals surface area contributed by atoms with E-state index in [9.17, 15) is 13.2 Å². The molecular weight excluding hydrogens is 325 g/mol. The number of alkyl halides is 3. The molecule has 0 amide bonds. The Morgan fingerprint density at radius 1 is 1.32 bits per heavy atom. The van der Waals surface area contributed by atoms with Gasteiger partial charge < -0.3 is 5.73 Å². The van der Waals surface area contributed by atoms with Gasteiger partial charge in [0.05, 0.1) is 6.54 Å². The van der Waals surface area contributed by atoms with E-state index < -0.39 is 11.9 Å². The molecule has 0 saturated carbocycles. The van der Waals surface area contributed by atoms with Gasteiger partial charge in [0.1, 0.15) is 10.3 Å². The molecule has 0 aromatic carbocycles. The highest BCUT2D eigenvalue weighted by Crippen LogP contribution is 2.27. The fraction of sp³-hybridized carbons (Fsp3) is 0.273. The molecule has 0 aliphatic carbocycles. The van der Waals surface area contributed by atoms with Crippen molar-refractivity contribution in [3.05, 3.63) is 46.0 Å². The van der Waals surface area contributed by atoms with Gasteiger partial charge in [0.25, 0.3) is 0 Å². The van der Waals surface area contributed by atoms with Crippen LogP contribution in [0.25, 0.3) is 0 Å². The van der Waals surface area contributed by atoms with E-state index in [2.05, 4.69) is 26.0 Å². The molecule has 2 N–H and O–H groups in total. The Hall–Kier alpha value is -1.41. The van der Waals surface area contributed by atoms with Crippen molar-refractivity contribution in [2.45, 2.75) is 19.3 Å². The second-order valence-corrected chi connectivity index (χ2v) is 4.65. The molecule has 8 heteroatoms. The molecule has 2 aromatic rings. The van der Waals surface area contributed by atoms with E-state index >= 15 is 0 Å². The summed E-state index contributed by atoms with van der Waals surface area (Å²) in [7, 11) is 0. The van der Waals surface area contributed by atoms with Gasteiger partial charge >= 0.3 is 6.18 Å². The Morgan fingerprint density at radius 2 is 2.05 bits per heavy atom. The molecule has 102 valence electrons. The number of aromatic nitrogens is 3. The number of pyridine rings is 1. The standard InChI is InChI=1S/C11H10BrF3N4/c12-10-8(3-16)6-19(18-10)5-7-1-2-9(17-4-7)11(13,14)15/h1-2,4,6H,3,5,16H2. The monoisotopic (exact) mass is 334 g/mol. The number of hydrogen-bond donors (Lipinski definition) is 1. The van der Waals surface area contributed by atoms with Crippen molar-refractivity contribution in [1.29, 1.82) is 0 Å². The van der Waals surface area contributed by atoms with Crippen LogP contribution in [0, 0.1) is 0 Å². The second-order valence-electron chi connectivity index (χ2n) is 3.90. The zero-order valence-corrected chi connectivity index (χ0v) is 11.2. The summed E-state index contributed by atoms with van der Waals surface area (Å²) in [5.41, 5.74) is 6.07. The van der Waals surface area contributed by atoms with Crippen LogP contribution in [0.1, 0.15) is 16.8 Å². The van der Waals surface area contributed by atoms with Gasteiger partial charge in [0.15, 0.2) is 0 Å². The van der Waals surface area contributed by atoms with E-state index in [4.69, 9.17) is 5.73 Å². The fourth-order valence-corrected chi connectivity index (χ4v) is 2.00. The van der Waals surface area contributed by atoms with E-state index in [1.807, 2.05) is 0 Å². The van der Waals surface area contributed by atoms with E-state index in [1.54, 1.807) is 10.9 Å². The van der Waals surface area contributed by atoms with Crippen LogP contribution in [0.5, 0.6) is 0 Å². The van der Waals surface area contributed by atoms with Crippen molar-refractivity contribution in [1.82, 2.24) is 14.8 Å². The minimum absolute atomic E-state index is 0.337. The molecule has 0 saturated heterocycles. The Morgan fingerprint density at radius 3 is 2.53 bits per heavy atom. The van der Waals surface area contributed by atoms with Gasteiger partial charge in [-0.15, -0.1) is 0 Å². The molecule has 0 atom stereocenters. The van der Waals surface area contributed by atoms with Gasteiger partial charge in [0.2, 0.25) is 0 Å². The molecule has 0 unspecified atom stereocenters. The molecular formula is C11H10BrF3N4. The summed E-state index contributed by atoms with van der Waals surface area (Å²) in [4.78, 5) is 3.39. The molecule has 0 aliphatic rings. The van der Waals surface area contributed by atoms with Crippen molar-refractivity contribution < 1.29 is 13.2 Å². The lowest BCUT2D eigenvalue weighted by molar-refractivity contribution is -0.141. The fourth-order valence-electron chi connectivity index (χ4n) is 1.53. The topological polar surface area (TPSA) is 56.7 Å². The highest BCUT2D eigenvalue weighted by molar-refractivity contribution is 9.10. The number of nitrogens with two attached hydrogens (primary N) is 1. The third-order valence-corrected chi connectivity index (χ3v) is 3.13. The van der Waals surface area contributed by atoms with E-state index in [0.717, 1.165) is 11.6 Å².